The number of hydrogen-bond donors (Lipinski definition) is 2. The van der Waals surface area contributed by atoms with Crippen LogP contribution in [0.25, 0.3) is 11.0 Å². The number of aromatic amines is 1. The molecular formula is C11H13N3. The van der Waals surface area contributed by atoms with Gasteiger partial charge in [-0.2, -0.15) is 0 Å². The predicted molar refractivity (Wildman–Crippen MR) is 56.2 cm³/mol. The Bertz CT molecular complexity index is 484. The fourth-order valence-electron chi connectivity index (χ4n) is 2.14. The highest BCUT2D eigenvalue weighted by molar-refractivity contribution is 5.81. The summed E-state index contributed by atoms with van der Waals surface area (Å²) in [5.41, 5.74) is 4.87. The van der Waals surface area contributed by atoms with E-state index in [0.717, 1.165) is 30.9 Å². The highest BCUT2D eigenvalue weighted by atomic mass is 14.9. The van der Waals surface area contributed by atoms with Crippen LogP contribution in [0, 0.1) is 6.92 Å². The molecule has 0 aliphatic carbocycles. The van der Waals surface area contributed by atoms with E-state index >= 15 is 0 Å². The molecule has 0 radical (unpaired) electrons. The number of fused-ring (bicyclic) bond motifs is 3. The average Bonchev–Trinajstić information content (AvgIpc) is 2.54. The Balaban J connectivity index is 2.31. The van der Waals surface area contributed by atoms with Gasteiger partial charge >= 0.3 is 0 Å². The first kappa shape index (κ1) is 8.00. The molecule has 3 nitrogen and oxygen atoms in total. The van der Waals surface area contributed by atoms with E-state index in [2.05, 4.69) is 27.4 Å². The van der Waals surface area contributed by atoms with Gasteiger partial charge in [0.25, 0.3) is 0 Å². The molecule has 0 bridgehead atoms. The molecule has 2 N–H and O–H groups in total. The van der Waals surface area contributed by atoms with Crippen molar-refractivity contribution < 1.29 is 0 Å². The molecule has 3 rings (SSSR count). The lowest BCUT2D eigenvalue weighted by molar-refractivity contribution is 0.637. The first-order chi connectivity index (χ1) is 6.84. The van der Waals surface area contributed by atoms with Gasteiger partial charge in [-0.15, -0.1) is 0 Å². The predicted octanol–water partition coefficient (Wildman–Crippen LogP) is 1.52. The van der Waals surface area contributed by atoms with Gasteiger partial charge in [-0.1, -0.05) is 0 Å². The van der Waals surface area contributed by atoms with E-state index < -0.39 is 0 Å². The average molecular weight is 187 g/mol. The van der Waals surface area contributed by atoms with E-state index in [0.29, 0.717) is 0 Å². The van der Waals surface area contributed by atoms with Gasteiger partial charge in [-0.05, 0) is 37.6 Å². The van der Waals surface area contributed by atoms with Crippen molar-refractivity contribution in [3.8, 4) is 0 Å². The molecule has 72 valence electrons. The molecule has 3 heterocycles. The maximum absolute atomic E-state index is 4.50. The van der Waals surface area contributed by atoms with Gasteiger partial charge in [0, 0.05) is 23.3 Å². The number of nitrogens with zero attached hydrogens (tertiary/aromatic N) is 1. The van der Waals surface area contributed by atoms with E-state index in [-0.39, 0.29) is 0 Å². The lowest BCUT2D eigenvalue weighted by Crippen LogP contribution is -2.22. The molecule has 1 aliphatic heterocycles. The van der Waals surface area contributed by atoms with Crippen LogP contribution in [0.3, 0.4) is 0 Å². The van der Waals surface area contributed by atoms with Gasteiger partial charge in [0.15, 0.2) is 0 Å². The van der Waals surface area contributed by atoms with Gasteiger partial charge in [0.1, 0.15) is 5.65 Å². The van der Waals surface area contributed by atoms with Crippen LogP contribution in [0.1, 0.15) is 17.0 Å². The van der Waals surface area contributed by atoms with Gasteiger partial charge in [0.2, 0.25) is 0 Å². The number of aromatic nitrogens is 2. The van der Waals surface area contributed by atoms with E-state index in [1.54, 1.807) is 0 Å². The van der Waals surface area contributed by atoms with Crippen LogP contribution in [0.4, 0.5) is 0 Å². The summed E-state index contributed by atoms with van der Waals surface area (Å²) in [6.45, 7) is 4.05. The summed E-state index contributed by atoms with van der Waals surface area (Å²) < 4.78 is 0. The third-order valence-corrected chi connectivity index (χ3v) is 2.85. The molecule has 3 heteroatoms. The zero-order valence-electron chi connectivity index (χ0n) is 8.22. The molecule has 0 saturated carbocycles. The SMILES string of the molecule is Cc1ccc2c3c([nH]c2n1)CNCC3. The molecule has 1 aliphatic rings. The van der Waals surface area contributed by atoms with Crippen molar-refractivity contribution in [2.24, 2.45) is 0 Å². The van der Waals surface area contributed by atoms with Crippen molar-refractivity contribution in [3.05, 3.63) is 29.1 Å². The summed E-state index contributed by atoms with van der Waals surface area (Å²) in [6.07, 6.45) is 1.11. The summed E-state index contributed by atoms with van der Waals surface area (Å²) >= 11 is 0. The number of H-pyrrole nitrogens is 1. The fourth-order valence-corrected chi connectivity index (χ4v) is 2.14. The lowest BCUT2D eigenvalue weighted by atomic mass is 10.1. The van der Waals surface area contributed by atoms with Crippen molar-refractivity contribution in [1.29, 1.82) is 0 Å². The first-order valence-electron chi connectivity index (χ1n) is 5.02. The zero-order valence-corrected chi connectivity index (χ0v) is 8.22. The zero-order chi connectivity index (χ0) is 9.54. The highest BCUT2D eigenvalue weighted by Gasteiger charge is 2.14. The fraction of sp³-hybridized carbons (Fsp3) is 0.364. The Kier molecular flexibility index (Phi) is 1.61. The van der Waals surface area contributed by atoms with E-state index in [1.807, 2.05) is 6.92 Å². The molecule has 2 aromatic rings. The second-order valence-corrected chi connectivity index (χ2v) is 3.86. The third-order valence-electron chi connectivity index (χ3n) is 2.85. The maximum Gasteiger partial charge on any atom is 0.138 e. The Morgan fingerprint density at radius 1 is 1.36 bits per heavy atom. The molecule has 2 aromatic heterocycles. The van der Waals surface area contributed by atoms with Crippen LogP contribution in [-0.4, -0.2) is 16.5 Å². The van der Waals surface area contributed by atoms with Gasteiger partial charge < -0.3 is 10.3 Å². The smallest absolute Gasteiger partial charge is 0.138 e. The Morgan fingerprint density at radius 2 is 2.29 bits per heavy atom. The first-order valence-corrected chi connectivity index (χ1v) is 5.02. The van der Waals surface area contributed by atoms with E-state index in [4.69, 9.17) is 0 Å². The van der Waals surface area contributed by atoms with Gasteiger partial charge in [-0.3, -0.25) is 0 Å². The Morgan fingerprint density at radius 3 is 3.21 bits per heavy atom. The summed E-state index contributed by atoms with van der Waals surface area (Å²) in [4.78, 5) is 7.88. The second-order valence-electron chi connectivity index (χ2n) is 3.86. The number of aryl methyl sites for hydroxylation is 1. The molecule has 0 fully saturated rings. The van der Waals surface area contributed by atoms with Crippen LogP contribution in [0.2, 0.25) is 0 Å². The summed E-state index contributed by atoms with van der Waals surface area (Å²) in [5, 5.41) is 4.66. The summed E-state index contributed by atoms with van der Waals surface area (Å²) in [5.74, 6) is 0. The summed E-state index contributed by atoms with van der Waals surface area (Å²) in [7, 11) is 0. The lowest BCUT2D eigenvalue weighted by Gasteiger charge is -2.12. The van der Waals surface area contributed by atoms with Crippen LogP contribution >= 0.6 is 0 Å². The normalized spacial score (nSPS) is 15.8. The van der Waals surface area contributed by atoms with Gasteiger partial charge in [-0.25, -0.2) is 4.98 Å². The van der Waals surface area contributed by atoms with Crippen molar-refractivity contribution in [2.75, 3.05) is 6.54 Å². The van der Waals surface area contributed by atoms with Crippen LogP contribution in [-0.2, 0) is 13.0 Å². The maximum atomic E-state index is 4.50. The molecule has 0 saturated heterocycles. The molecular weight excluding hydrogens is 174 g/mol. The molecule has 0 amide bonds. The molecule has 0 spiro atoms. The number of hydrogen-bond acceptors (Lipinski definition) is 2. The Labute approximate surface area is 82.5 Å². The van der Waals surface area contributed by atoms with E-state index in [1.165, 1.54) is 16.6 Å². The second kappa shape index (κ2) is 2.82. The summed E-state index contributed by atoms with van der Waals surface area (Å²) in [6, 6.07) is 4.26. The molecule has 0 aromatic carbocycles. The quantitative estimate of drug-likeness (QED) is 0.656. The number of pyridine rings is 1. The minimum atomic E-state index is 0.949. The molecule has 0 unspecified atom stereocenters. The van der Waals surface area contributed by atoms with Crippen molar-refractivity contribution >= 4 is 11.0 Å². The minimum absolute atomic E-state index is 0.949. The van der Waals surface area contributed by atoms with E-state index in [9.17, 15) is 0 Å². The van der Waals surface area contributed by atoms with Crippen LogP contribution < -0.4 is 5.32 Å². The topological polar surface area (TPSA) is 40.7 Å². The Hall–Kier alpha value is -1.35. The van der Waals surface area contributed by atoms with Crippen molar-refractivity contribution in [1.82, 2.24) is 15.3 Å². The van der Waals surface area contributed by atoms with Gasteiger partial charge in [0.05, 0.1) is 0 Å². The van der Waals surface area contributed by atoms with Crippen LogP contribution in [0.5, 0.6) is 0 Å². The highest BCUT2D eigenvalue weighted by Crippen LogP contribution is 2.23. The molecule has 14 heavy (non-hydrogen) atoms. The van der Waals surface area contributed by atoms with Crippen molar-refractivity contribution in [3.63, 3.8) is 0 Å². The third kappa shape index (κ3) is 1.06. The minimum Gasteiger partial charge on any atom is -0.342 e. The largest absolute Gasteiger partial charge is 0.342 e. The standard InChI is InChI=1S/C11H13N3/c1-7-2-3-9-8-4-5-12-6-10(8)14-11(9)13-7/h2-3,12H,4-6H2,1H3,(H,13,14). The monoisotopic (exact) mass is 187 g/mol. The number of nitrogens with one attached hydrogen (secondary N) is 2. The van der Waals surface area contributed by atoms with Crippen molar-refractivity contribution in [2.45, 2.75) is 19.9 Å². The molecule has 0 atom stereocenters. The van der Waals surface area contributed by atoms with Crippen LogP contribution in [0.15, 0.2) is 12.1 Å². The number of rotatable bonds is 0.